The maximum absolute atomic E-state index is 3.68. The topological polar surface area (TPSA) is 12.0 Å². The number of nitrogens with one attached hydrogen (secondary N) is 1. The van der Waals surface area contributed by atoms with Crippen molar-refractivity contribution in [2.75, 3.05) is 6.54 Å². The molecule has 2 heterocycles. The van der Waals surface area contributed by atoms with Crippen molar-refractivity contribution in [2.45, 2.75) is 51.5 Å². The first-order chi connectivity index (χ1) is 9.86. The van der Waals surface area contributed by atoms with E-state index in [1.54, 1.807) is 26.7 Å². The van der Waals surface area contributed by atoms with Gasteiger partial charge in [-0.1, -0.05) is 13.3 Å². The van der Waals surface area contributed by atoms with E-state index in [0.717, 1.165) is 13.0 Å². The Labute approximate surface area is 130 Å². The van der Waals surface area contributed by atoms with Gasteiger partial charge in [-0.25, -0.2) is 0 Å². The summed E-state index contributed by atoms with van der Waals surface area (Å²) in [4.78, 5) is 3.20. The minimum atomic E-state index is 0.492. The van der Waals surface area contributed by atoms with Crippen LogP contribution in [0.25, 0.3) is 0 Å². The Morgan fingerprint density at radius 2 is 2.15 bits per heavy atom. The van der Waals surface area contributed by atoms with E-state index in [9.17, 15) is 0 Å². The fraction of sp³-hybridized carbons (Fsp3) is 0.529. The van der Waals surface area contributed by atoms with Crippen LogP contribution < -0.4 is 5.32 Å². The molecule has 0 saturated heterocycles. The van der Waals surface area contributed by atoms with Crippen LogP contribution in [0.3, 0.4) is 0 Å². The molecule has 108 valence electrons. The molecule has 1 aliphatic rings. The molecule has 0 aliphatic heterocycles. The minimum absolute atomic E-state index is 0.492. The monoisotopic (exact) mass is 305 g/mol. The summed E-state index contributed by atoms with van der Waals surface area (Å²) in [5.74, 6) is 0. The van der Waals surface area contributed by atoms with E-state index in [1.165, 1.54) is 37.7 Å². The Hall–Kier alpha value is -0.640. The first-order valence-corrected chi connectivity index (χ1v) is 9.48. The van der Waals surface area contributed by atoms with Crippen molar-refractivity contribution in [1.29, 1.82) is 0 Å². The van der Waals surface area contributed by atoms with Crippen LogP contribution in [0.5, 0.6) is 0 Å². The normalized spacial score (nSPS) is 16.6. The molecule has 0 radical (unpaired) electrons. The predicted octanol–water partition coefficient (Wildman–Crippen LogP) is 4.97. The van der Waals surface area contributed by atoms with Crippen molar-refractivity contribution in [3.63, 3.8) is 0 Å². The first-order valence-electron chi connectivity index (χ1n) is 7.72. The van der Waals surface area contributed by atoms with Crippen LogP contribution in [0.15, 0.2) is 22.9 Å². The molecule has 0 aromatic carbocycles. The van der Waals surface area contributed by atoms with E-state index in [1.807, 2.05) is 0 Å². The maximum atomic E-state index is 3.68. The van der Waals surface area contributed by atoms with Crippen LogP contribution in [-0.2, 0) is 19.3 Å². The van der Waals surface area contributed by atoms with Crippen molar-refractivity contribution in [2.24, 2.45) is 0 Å². The smallest absolute Gasteiger partial charge is 0.0456 e. The van der Waals surface area contributed by atoms with E-state index >= 15 is 0 Å². The van der Waals surface area contributed by atoms with Crippen LogP contribution >= 0.6 is 22.7 Å². The molecule has 0 fully saturated rings. The number of rotatable bonds is 5. The highest BCUT2D eigenvalue weighted by atomic mass is 32.1. The van der Waals surface area contributed by atoms with Crippen LogP contribution in [-0.4, -0.2) is 6.54 Å². The predicted molar refractivity (Wildman–Crippen MR) is 90.0 cm³/mol. The fourth-order valence-corrected chi connectivity index (χ4v) is 5.04. The van der Waals surface area contributed by atoms with Crippen LogP contribution in [0.2, 0.25) is 0 Å². The second kappa shape index (κ2) is 6.88. The number of aryl methyl sites for hydroxylation is 2. The molecule has 1 aliphatic carbocycles. The molecule has 3 rings (SSSR count). The molecular formula is C17H23NS2. The van der Waals surface area contributed by atoms with Crippen molar-refractivity contribution in [1.82, 2.24) is 5.32 Å². The zero-order valence-electron chi connectivity index (χ0n) is 12.2. The van der Waals surface area contributed by atoms with Gasteiger partial charge in [-0.2, -0.15) is 11.3 Å². The highest BCUT2D eigenvalue weighted by Gasteiger charge is 2.18. The third-order valence-electron chi connectivity index (χ3n) is 4.08. The quantitative estimate of drug-likeness (QED) is 0.769. The molecule has 0 bridgehead atoms. The number of fused-ring (bicyclic) bond motifs is 1. The average Bonchev–Trinajstić information content (AvgIpc) is 3.04. The lowest BCUT2D eigenvalue weighted by Crippen LogP contribution is -2.21. The zero-order chi connectivity index (χ0) is 13.8. The van der Waals surface area contributed by atoms with E-state index in [2.05, 4.69) is 46.5 Å². The lowest BCUT2D eigenvalue weighted by Gasteiger charge is -2.15. The van der Waals surface area contributed by atoms with Crippen molar-refractivity contribution in [3.8, 4) is 0 Å². The molecular weight excluding hydrogens is 282 g/mol. The van der Waals surface area contributed by atoms with Gasteiger partial charge in [0.1, 0.15) is 0 Å². The van der Waals surface area contributed by atoms with Gasteiger partial charge in [0.15, 0.2) is 0 Å². The van der Waals surface area contributed by atoms with Gasteiger partial charge in [0.05, 0.1) is 0 Å². The van der Waals surface area contributed by atoms with Gasteiger partial charge in [-0.15, -0.1) is 11.3 Å². The van der Waals surface area contributed by atoms with Crippen molar-refractivity contribution >= 4 is 22.7 Å². The molecule has 3 heteroatoms. The van der Waals surface area contributed by atoms with Gasteiger partial charge in [0, 0.05) is 15.8 Å². The molecule has 0 spiro atoms. The minimum Gasteiger partial charge on any atom is -0.309 e. The summed E-state index contributed by atoms with van der Waals surface area (Å²) in [6, 6.07) is 5.24. The molecule has 1 unspecified atom stereocenters. The highest BCUT2D eigenvalue weighted by molar-refractivity contribution is 7.12. The summed E-state index contributed by atoms with van der Waals surface area (Å²) in [7, 11) is 0. The van der Waals surface area contributed by atoms with E-state index in [0.29, 0.717) is 6.04 Å². The lowest BCUT2D eigenvalue weighted by atomic mass is 10.1. The second-order valence-corrected chi connectivity index (χ2v) is 7.55. The summed E-state index contributed by atoms with van der Waals surface area (Å²) in [6.45, 7) is 3.25. The summed E-state index contributed by atoms with van der Waals surface area (Å²) < 4.78 is 0. The largest absolute Gasteiger partial charge is 0.309 e. The molecule has 20 heavy (non-hydrogen) atoms. The van der Waals surface area contributed by atoms with E-state index in [4.69, 9.17) is 0 Å². The standard InChI is InChI=1S/C17H23NS2/c1-2-18-15(10-13-8-9-19-12-13)17-11-14-6-4-3-5-7-16(14)20-17/h8-9,11-12,15,18H,2-7,10H2,1H3. The van der Waals surface area contributed by atoms with E-state index in [-0.39, 0.29) is 0 Å². The van der Waals surface area contributed by atoms with Crippen LogP contribution in [0.4, 0.5) is 0 Å². The number of likely N-dealkylation sites (N-methyl/N-ethyl adjacent to an activating group) is 1. The Balaban J connectivity index is 1.80. The number of hydrogen-bond donors (Lipinski definition) is 1. The third kappa shape index (κ3) is 3.33. The van der Waals surface area contributed by atoms with Crippen molar-refractivity contribution < 1.29 is 0 Å². The lowest BCUT2D eigenvalue weighted by molar-refractivity contribution is 0.558. The van der Waals surface area contributed by atoms with Gasteiger partial charge >= 0.3 is 0 Å². The Morgan fingerprint density at radius 1 is 1.25 bits per heavy atom. The molecule has 1 atom stereocenters. The molecule has 2 aromatic rings. The fourth-order valence-electron chi connectivity index (χ4n) is 3.03. The summed E-state index contributed by atoms with van der Waals surface area (Å²) in [5.41, 5.74) is 3.10. The molecule has 2 aromatic heterocycles. The SMILES string of the molecule is CCNC(Cc1ccsc1)c1cc2c(s1)CCCCC2. The van der Waals surface area contributed by atoms with Crippen LogP contribution in [0.1, 0.15) is 53.1 Å². The van der Waals surface area contributed by atoms with Gasteiger partial charge in [-0.05, 0) is 72.7 Å². The van der Waals surface area contributed by atoms with Gasteiger partial charge < -0.3 is 5.32 Å². The first kappa shape index (κ1) is 14.3. The molecule has 1 nitrogen and oxygen atoms in total. The summed E-state index contributed by atoms with van der Waals surface area (Å²) in [6.07, 6.45) is 7.88. The summed E-state index contributed by atoms with van der Waals surface area (Å²) >= 11 is 3.86. The molecule has 1 N–H and O–H groups in total. The van der Waals surface area contributed by atoms with Crippen molar-refractivity contribution in [3.05, 3.63) is 43.8 Å². The Kier molecular flexibility index (Phi) is 4.92. The Bertz CT molecular complexity index is 504. The molecule has 0 saturated carbocycles. The van der Waals surface area contributed by atoms with Gasteiger partial charge in [0.2, 0.25) is 0 Å². The van der Waals surface area contributed by atoms with Crippen LogP contribution in [0, 0.1) is 0 Å². The Morgan fingerprint density at radius 3 is 2.95 bits per heavy atom. The molecule has 0 amide bonds. The average molecular weight is 306 g/mol. The number of hydrogen-bond acceptors (Lipinski definition) is 3. The van der Waals surface area contributed by atoms with Gasteiger partial charge in [-0.3, -0.25) is 0 Å². The zero-order valence-corrected chi connectivity index (χ0v) is 13.8. The van der Waals surface area contributed by atoms with Gasteiger partial charge in [0.25, 0.3) is 0 Å². The highest BCUT2D eigenvalue weighted by Crippen LogP contribution is 2.33. The second-order valence-electron chi connectivity index (χ2n) is 5.60. The maximum Gasteiger partial charge on any atom is 0.0456 e. The number of thiophene rings is 2. The third-order valence-corrected chi connectivity index (χ3v) is 6.16. The summed E-state index contributed by atoms with van der Waals surface area (Å²) in [5, 5.41) is 8.14. The van der Waals surface area contributed by atoms with E-state index < -0.39 is 0 Å².